The van der Waals surface area contributed by atoms with Crippen molar-refractivity contribution in [1.82, 2.24) is 9.88 Å². The van der Waals surface area contributed by atoms with Crippen LogP contribution in [0.3, 0.4) is 0 Å². The maximum absolute atomic E-state index is 12.6. The second-order valence-electron chi connectivity index (χ2n) is 6.48. The Balaban J connectivity index is 1.43. The van der Waals surface area contributed by atoms with Gasteiger partial charge < -0.3 is 14.6 Å². The van der Waals surface area contributed by atoms with Crippen LogP contribution >= 0.6 is 0 Å². The average molecular weight is 334 g/mol. The zero-order chi connectivity index (χ0) is 17.2. The molecule has 128 valence electrons. The highest BCUT2D eigenvalue weighted by molar-refractivity contribution is 5.86. The van der Waals surface area contributed by atoms with Crippen molar-refractivity contribution in [2.75, 3.05) is 13.2 Å². The van der Waals surface area contributed by atoms with Crippen molar-refractivity contribution in [1.29, 1.82) is 0 Å². The number of aromatic amines is 1. The van der Waals surface area contributed by atoms with Crippen LogP contribution in [-0.4, -0.2) is 28.9 Å². The van der Waals surface area contributed by atoms with Crippen molar-refractivity contribution < 1.29 is 9.53 Å². The number of amides is 1. The Labute approximate surface area is 147 Å². The van der Waals surface area contributed by atoms with Crippen molar-refractivity contribution >= 4 is 16.8 Å². The summed E-state index contributed by atoms with van der Waals surface area (Å²) in [6.45, 7) is 3.59. The van der Waals surface area contributed by atoms with Crippen LogP contribution in [0, 0.1) is 0 Å². The maximum Gasteiger partial charge on any atom is 0.260 e. The van der Waals surface area contributed by atoms with Gasteiger partial charge in [0.1, 0.15) is 5.75 Å². The third-order valence-electron chi connectivity index (χ3n) is 4.93. The Kier molecular flexibility index (Phi) is 4.18. The summed E-state index contributed by atoms with van der Waals surface area (Å²) in [5.74, 6) is 0.783. The Morgan fingerprint density at radius 3 is 2.76 bits per heavy atom. The van der Waals surface area contributed by atoms with Crippen molar-refractivity contribution in [3.8, 4) is 5.75 Å². The first-order valence-corrected chi connectivity index (χ1v) is 8.82. The summed E-state index contributed by atoms with van der Waals surface area (Å²) in [5.41, 5.74) is 4.90. The third kappa shape index (κ3) is 3.12. The molecule has 0 unspecified atom stereocenters. The predicted octanol–water partition coefficient (Wildman–Crippen LogP) is 3.69. The molecule has 2 aromatic carbocycles. The largest absolute Gasteiger partial charge is 0.484 e. The summed E-state index contributed by atoms with van der Waals surface area (Å²) >= 11 is 0. The smallest absolute Gasteiger partial charge is 0.260 e. The summed E-state index contributed by atoms with van der Waals surface area (Å²) in [7, 11) is 0. The Morgan fingerprint density at radius 2 is 1.96 bits per heavy atom. The fourth-order valence-corrected chi connectivity index (χ4v) is 3.44. The standard InChI is InChI=1S/C21H22N2O2/c1-2-15-7-9-16(10-8-15)25-14-21(24)23-12-11-20-18(13-23)17-5-3-4-6-19(17)22-20/h3-10,22H,2,11-14H2,1H3. The van der Waals surface area contributed by atoms with Gasteiger partial charge in [0.2, 0.25) is 0 Å². The van der Waals surface area contributed by atoms with Crippen LogP contribution in [0.25, 0.3) is 10.9 Å². The molecular weight excluding hydrogens is 312 g/mol. The fraction of sp³-hybridized carbons (Fsp3) is 0.286. The van der Waals surface area contributed by atoms with Crippen LogP contribution in [-0.2, 0) is 24.2 Å². The van der Waals surface area contributed by atoms with Crippen LogP contribution in [0.2, 0.25) is 0 Å². The molecule has 4 heteroatoms. The molecule has 4 nitrogen and oxygen atoms in total. The van der Waals surface area contributed by atoms with Crippen LogP contribution < -0.4 is 4.74 Å². The molecule has 0 saturated heterocycles. The highest BCUT2D eigenvalue weighted by atomic mass is 16.5. The monoisotopic (exact) mass is 334 g/mol. The van der Waals surface area contributed by atoms with E-state index in [2.05, 4.69) is 24.0 Å². The first kappa shape index (κ1) is 15.8. The summed E-state index contributed by atoms with van der Waals surface area (Å²) in [6, 6.07) is 16.2. The Bertz CT molecular complexity index is 896. The summed E-state index contributed by atoms with van der Waals surface area (Å²) in [5, 5.41) is 1.21. The van der Waals surface area contributed by atoms with Gasteiger partial charge >= 0.3 is 0 Å². The lowest BCUT2D eigenvalue weighted by molar-refractivity contribution is -0.134. The van der Waals surface area contributed by atoms with E-state index in [9.17, 15) is 4.79 Å². The number of fused-ring (bicyclic) bond motifs is 3. The van der Waals surface area contributed by atoms with E-state index >= 15 is 0 Å². The molecule has 1 amide bonds. The number of aromatic nitrogens is 1. The molecular formula is C21H22N2O2. The van der Waals surface area contributed by atoms with Crippen molar-refractivity contribution in [2.45, 2.75) is 26.3 Å². The number of H-pyrrole nitrogens is 1. The van der Waals surface area contributed by atoms with E-state index in [1.807, 2.05) is 41.3 Å². The van der Waals surface area contributed by atoms with Crippen LogP contribution in [0.4, 0.5) is 0 Å². The SMILES string of the molecule is CCc1ccc(OCC(=O)N2CCc3[nH]c4ccccc4c3C2)cc1. The topological polar surface area (TPSA) is 45.3 Å². The maximum atomic E-state index is 12.6. The zero-order valence-electron chi connectivity index (χ0n) is 14.4. The first-order valence-electron chi connectivity index (χ1n) is 8.82. The second-order valence-corrected chi connectivity index (χ2v) is 6.48. The molecule has 1 N–H and O–H groups in total. The number of para-hydroxylation sites is 1. The second kappa shape index (κ2) is 6.63. The minimum atomic E-state index is 0.0375. The number of hydrogen-bond acceptors (Lipinski definition) is 2. The van der Waals surface area contributed by atoms with E-state index in [1.165, 1.54) is 22.2 Å². The minimum Gasteiger partial charge on any atom is -0.484 e. The van der Waals surface area contributed by atoms with Gasteiger partial charge in [-0.3, -0.25) is 4.79 Å². The Morgan fingerprint density at radius 1 is 1.16 bits per heavy atom. The lowest BCUT2D eigenvalue weighted by Gasteiger charge is -2.27. The molecule has 0 fully saturated rings. The van der Waals surface area contributed by atoms with Gasteiger partial charge in [-0.05, 0) is 30.2 Å². The summed E-state index contributed by atoms with van der Waals surface area (Å²) in [4.78, 5) is 17.9. The van der Waals surface area contributed by atoms with Gasteiger partial charge in [0.25, 0.3) is 5.91 Å². The van der Waals surface area contributed by atoms with E-state index in [-0.39, 0.29) is 12.5 Å². The number of hydrogen-bond donors (Lipinski definition) is 1. The van der Waals surface area contributed by atoms with E-state index in [0.717, 1.165) is 30.7 Å². The highest BCUT2D eigenvalue weighted by Gasteiger charge is 2.24. The number of carbonyl (C=O) groups is 1. The van der Waals surface area contributed by atoms with Gasteiger partial charge in [0.05, 0.1) is 0 Å². The van der Waals surface area contributed by atoms with Crippen molar-refractivity contribution in [2.24, 2.45) is 0 Å². The number of nitrogens with zero attached hydrogens (tertiary/aromatic N) is 1. The lowest BCUT2D eigenvalue weighted by atomic mass is 10.0. The van der Waals surface area contributed by atoms with Crippen LogP contribution in [0.1, 0.15) is 23.7 Å². The number of ether oxygens (including phenoxy) is 1. The predicted molar refractivity (Wildman–Crippen MR) is 98.7 cm³/mol. The fourth-order valence-electron chi connectivity index (χ4n) is 3.44. The lowest BCUT2D eigenvalue weighted by Crippen LogP contribution is -2.38. The molecule has 0 saturated carbocycles. The van der Waals surface area contributed by atoms with Crippen LogP contribution in [0.5, 0.6) is 5.75 Å². The van der Waals surface area contributed by atoms with E-state index in [1.54, 1.807) is 0 Å². The molecule has 25 heavy (non-hydrogen) atoms. The van der Waals surface area contributed by atoms with E-state index in [4.69, 9.17) is 4.74 Å². The quantitative estimate of drug-likeness (QED) is 0.791. The van der Waals surface area contributed by atoms with Gasteiger partial charge in [0.15, 0.2) is 6.61 Å². The molecule has 1 aromatic heterocycles. The highest BCUT2D eigenvalue weighted by Crippen LogP contribution is 2.27. The van der Waals surface area contributed by atoms with Gasteiger partial charge in [-0.15, -0.1) is 0 Å². The van der Waals surface area contributed by atoms with Crippen molar-refractivity contribution in [3.05, 3.63) is 65.4 Å². The van der Waals surface area contributed by atoms with Crippen molar-refractivity contribution in [3.63, 3.8) is 0 Å². The molecule has 3 aromatic rings. The molecule has 4 rings (SSSR count). The number of rotatable bonds is 4. The number of aryl methyl sites for hydroxylation is 1. The molecule has 1 aliphatic rings. The summed E-state index contributed by atoms with van der Waals surface area (Å²) < 4.78 is 5.68. The summed E-state index contributed by atoms with van der Waals surface area (Å²) in [6.07, 6.45) is 1.86. The van der Waals surface area contributed by atoms with Gasteiger partial charge in [-0.25, -0.2) is 0 Å². The normalized spacial score (nSPS) is 13.7. The Hall–Kier alpha value is -2.75. The third-order valence-corrected chi connectivity index (χ3v) is 4.93. The molecule has 2 heterocycles. The molecule has 0 aliphatic carbocycles. The van der Waals surface area contributed by atoms with E-state index < -0.39 is 0 Å². The number of nitrogens with one attached hydrogen (secondary N) is 1. The van der Waals surface area contributed by atoms with Gasteiger partial charge in [0, 0.05) is 41.7 Å². The zero-order valence-corrected chi connectivity index (χ0v) is 14.4. The molecule has 1 aliphatic heterocycles. The number of benzene rings is 2. The molecule has 0 radical (unpaired) electrons. The molecule has 0 atom stereocenters. The molecule has 0 bridgehead atoms. The van der Waals surface area contributed by atoms with Crippen LogP contribution in [0.15, 0.2) is 48.5 Å². The van der Waals surface area contributed by atoms with Gasteiger partial charge in [-0.2, -0.15) is 0 Å². The van der Waals surface area contributed by atoms with E-state index in [0.29, 0.717) is 6.54 Å². The van der Waals surface area contributed by atoms with Gasteiger partial charge in [-0.1, -0.05) is 37.3 Å². The average Bonchev–Trinajstić information content (AvgIpc) is 3.04. The minimum absolute atomic E-state index is 0.0375. The molecule has 0 spiro atoms. The number of carbonyl (C=O) groups excluding carboxylic acids is 1. The first-order chi connectivity index (χ1) is 12.2.